The van der Waals surface area contributed by atoms with Crippen LogP contribution >= 0.6 is 11.6 Å². The molecule has 3 aromatic heterocycles. The molecule has 1 amide bonds. The standard InChI is InChI=1S/C18H14ClN5O2/c1-10-5-6-12(16-21-11(2)26-23-16)8-14(10)22-18(25)15-9-20-17-13(19)4-3-7-24(15)17/h3-9H,1-2H3,(H,22,25). The number of anilines is 1. The van der Waals surface area contributed by atoms with Crippen molar-refractivity contribution in [1.82, 2.24) is 19.5 Å². The molecule has 130 valence electrons. The molecule has 4 rings (SSSR count). The maximum atomic E-state index is 12.7. The number of halogens is 1. The zero-order valence-electron chi connectivity index (χ0n) is 14.0. The van der Waals surface area contributed by atoms with Crippen molar-refractivity contribution in [3.05, 3.63) is 64.9 Å². The van der Waals surface area contributed by atoms with Crippen LogP contribution in [0.4, 0.5) is 5.69 Å². The summed E-state index contributed by atoms with van der Waals surface area (Å²) in [6.07, 6.45) is 3.24. The molecule has 4 aromatic rings. The second-order valence-electron chi connectivity index (χ2n) is 5.81. The van der Waals surface area contributed by atoms with E-state index in [0.717, 1.165) is 11.1 Å². The Balaban J connectivity index is 1.68. The van der Waals surface area contributed by atoms with Crippen molar-refractivity contribution in [3.8, 4) is 11.4 Å². The number of benzene rings is 1. The van der Waals surface area contributed by atoms with Crippen LogP contribution < -0.4 is 5.32 Å². The summed E-state index contributed by atoms with van der Waals surface area (Å²) in [5, 5.41) is 7.30. The zero-order valence-corrected chi connectivity index (χ0v) is 14.8. The molecule has 0 bridgehead atoms. The first-order chi connectivity index (χ1) is 12.5. The van der Waals surface area contributed by atoms with E-state index in [1.165, 1.54) is 6.20 Å². The minimum Gasteiger partial charge on any atom is -0.339 e. The zero-order chi connectivity index (χ0) is 18.3. The van der Waals surface area contributed by atoms with Gasteiger partial charge in [0.25, 0.3) is 5.91 Å². The molecule has 8 heteroatoms. The van der Waals surface area contributed by atoms with Crippen LogP contribution in [0.25, 0.3) is 17.0 Å². The molecule has 0 atom stereocenters. The summed E-state index contributed by atoms with van der Waals surface area (Å²) in [5.41, 5.74) is 3.25. The van der Waals surface area contributed by atoms with Crippen molar-refractivity contribution in [2.45, 2.75) is 13.8 Å². The Morgan fingerprint density at radius 3 is 2.88 bits per heavy atom. The third-order valence-electron chi connectivity index (χ3n) is 3.99. The lowest BCUT2D eigenvalue weighted by atomic mass is 10.1. The molecule has 0 aliphatic heterocycles. The number of amides is 1. The van der Waals surface area contributed by atoms with Crippen molar-refractivity contribution in [1.29, 1.82) is 0 Å². The SMILES string of the molecule is Cc1nc(-c2ccc(C)c(NC(=O)c3cnc4c(Cl)cccn34)c2)no1. The molecule has 1 aromatic carbocycles. The minimum absolute atomic E-state index is 0.288. The molecule has 0 saturated carbocycles. The summed E-state index contributed by atoms with van der Waals surface area (Å²) in [4.78, 5) is 21.2. The molecule has 0 spiro atoms. The van der Waals surface area contributed by atoms with Crippen molar-refractivity contribution in [3.63, 3.8) is 0 Å². The highest BCUT2D eigenvalue weighted by Crippen LogP contribution is 2.24. The molecule has 0 fully saturated rings. The number of imidazole rings is 1. The van der Waals surface area contributed by atoms with Gasteiger partial charge in [-0.1, -0.05) is 28.9 Å². The summed E-state index contributed by atoms with van der Waals surface area (Å²) in [6, 6.07) is 9.07. The number of hydrogen-bond donors (Lipinski definition) is 1. The first kappa shape index (κ1) is 16.3. The van der Waals surface area contributed by atoms with Gasteiger partial charge in [0.05, 0.1) is 11.2 Å². The second-order valence-corrected chi connectivity index (χ2v) is 6.22. The molecule has 1 N–H and O–H groups in total. The van der Waals surface area contributed by atoms with E-state index < -0.39 is 0 Å². The van der Waals surface area contributed by atoms with Crippen LogP contribution in [0.15, 0.2) is 47.2 Å². The van der Waals surface area contributed by atoms with Gasteiger partial charge in [-0.15, -0.1) is 0 Å². The number of carbonyl (C=O) groups is 1. The average molecular weight is 368 g/mol. The summed E-state index contributed by atoms with van der Waals surface area (Å²) in [6.45, 7) is 3.63. The highest BCUT2D eigenvalue weighted by molar-refractivity contribution is 6.33. The van der Waals surface area contributed by atoms with Crippen LogP contribution in [-0.2, 0) is 0 Å². The number of carbonyl (C=O) groups excluding carboxylic acids is 1. The molecule has 7 nitrogen and oxygen atoms in total. The highest BCUT2D eigenvalue weighted by Gasteiger charge is 2.15. The summed E-state index contributed by atoms with van der Waals surface area (Å²) in [7, 11) is 0. The molecule has 26 heavy (non-hydrogen) atoms. The Bertz CT molecular complexity index is 1130. The third-order valence-corrected chi connectivity index (χ3v) is 4.29. The Hall–Kier alpha value is -3.19. The maximum absolute atomic E-state index is 12.7. The summed E-state index contributed by atoms with van der Waals surface area (Å²) >= 11 is 6.11. The van der Waals surface area contributed by atoms with Gasteiger partial charge in [-0.05, 0) is 30.7 Å². The van der Waals surface area contributed by atoms with Gasteiger partial charge < -0.3 is 9.84 Å². The van der Waals surface area contributed by atoms with E-state index in [9.17, 15) is 4.79 Å². The topological polar surface area (TPSA) is 85.3 Å². The largest absolute Gasteiger partial charge is 0.339 e. The first-order valence-electron chi connectivity index (χ1n) is 7.87. The van der Waals surface area contributed by atoms with E-state index in [1.807, 2.05) is 25.1 Å². The van der Waals surface area contributed by atoms with Gasteiger partial charge in [0.15, 0.2) is 5.65 Å². The molecule has 0 saturated heterocycles. The Morgan fingerprint density at radius 1 is 1.27 bits per heavy atom. The smallest absolute Gasteiger partial charge is 0.274 e. The van der Waals surface area contributed by atoms with E-state index >= 15 is 0 Å². The number of rotatable bonds is 3. The minimum atomic E-state index is -0.288. The molecule has 0 aliphatic rings. The molecular weight excluding hydrogens is 354 g/mol. The van der Waals surface area contributed by atoms with Crippen LogP contribution in [0.1, 0.15) is 21.9 Å². The lowest BCUT2D eigenvalue weighted by Crippen LogP contribution is -2.15. The number of hydrogen-bond acceptors (Lipinski definition) is 5. The number of fused-ring (bicyclic) bond motifs is 1. The van der Waals surface area contributed by atoms with Gasteiger partial charge in [0.1, 0.15) is 5.69 Å². The van der Waals surface area contributed by atoms with Crippen LogP contribution in [0.5, 0.6) is 0 Å². The fourth-order valence-corrected chi connectivity index (χ4v) is 2.86. The fraction of sp³-hybridized carbons (Fsp3) is 0.111. The predicted octanol–water partition coefficient (Wildman–Crippen LogP) is 3.91. The van der Waals surface area contributed by atoms with Crippen molar-refractivity contribution in [2.24, 2.45) is 0 Å². The van der Waals surface area contributed by atoms with Gasteiger partial charge >= 0.3 is 0 Å². The van der Waals surface area contributed by atoms with E-state index in [4.69, 9.17) is 16.1 Å². The number of nitrogens with zero attached hydrogens (tertiary/aromatic N) is 4. The Kier molecular flexibility index (Phi) is 3.93. The fourth-order valence-electron chi connectivity index (χ4n) is 2.64. The van der Waals surface area contributed by atoms with Crippen LogP contribution in [0.2, 0.25) is 5.02 Å². The predicted molar refractivity (Wildman–Crippen MR) is 97.4 cm³/mol. The Labute approximate surface area is 153 Å². The summed E-state index contributed by atoms with van der Waals surface area (Å²) in [5.74, 6) is 0.665. The van der Waals surface area contributed by atoms with Crippen molar-refractivity contribution >= 4 is 28.8 Å². The lowest BCUT2D eigenvalue weighted by molar-refractivity contribution is 0.102. The van der Waals surface area contributed by atoms with Crippen molar-refractivity contribution < 1.29 is 9.32 Å². The number of aryl methyl sites for hydroxylation is 2. The van der Waals surface area contributed by atoms with Gasteiger partial charge in [-0.25, -0.2) is 4.98 Å². The summed E-state index contributed by atoms with van der Waals surface area (Å²) < 4.78 is 6.67. The molecule has 0 aliphatic carbocycles. The van der Waals surface area contributed by atoms with Gasteiger partial charge in [0.2, 0.25) is 11.7 Å². The van der Waals surface area contributed by atoms with E-state index in [0.29, 0.717) is 33.8 Å². The average Bonchev–Trinajstić information content (AvgIpc) is 3.24. The quantitative estimate of drug-likeness (QED) is 0.593. The van der Waals surface area contributed by atoms with Gasteiger partial charge in [0, 0.05) is 24.4 Å². The van der Waals surface area contributed by atoms with E-state index in [2.05, 4.69) is 20.4 Å². The van der Waals surface area contributed by atoms with E-state index in [1.54, 1.807) is 29.7 Å². The Morgan fingerprint density at radius 2 is 2.12 bits per heavy atom. The van der Waals surface area contributed by atoms with Crippen LogP contribution in [-0.4, -0.2) is 25.4 Å². The monoisotopic (exact) mass is 367 g/mol. The normalized spacial score (nSPS) is 11.0. The second kappa shape index (κ2) is 6.27. The third kappa shape index (κ3) is 2.82. The van der Waals surface area contributed by atoms with Gasteiger partial charge in [-0.2, -0.15) is 4.98 Å². The number of aromatic nitrogens is 4. The number of nitrogens with one attached hydrogen (secondary N) is 1. The van der Waals surface area contributed by atoms with Gasteiger partial charge in [-0.3, -0.25) is 9.20 Å². The first-order valence-corrected chi connectivity index (χ1v) is 8.25. The van der Waals surface area contributed by atoms with Crippen LogP contribution in [0.3, 0.4) is 0 Å². The molecule has 0 radical (unpaired) electrons. The van der Waals surface area contributed by atoms with E-state index in [-0.39, 0.29) is 5.91 Å². The molecule has 0 unspecified atom stereocenters. The lowest BCUT2D eigenvalue weighted by Gasteiger charge is -2.09. The van der Waals surface area contributed by atoms with Crippen molar-refractivity contribution in [2.75, 3.05) is 5.32 Å². The highest BCUT2D eigenvalue weighted by atomic mass is 35.5. The molecular formula is C18H14ClN5O2. The maximum Gasteiger partial charge on any atom is 0.274 e. The molecule has 3 heterocycles. The number of pyridine rings is 1. The van der Waals surface area contributed by atoms with Crippen LogP contribution in [0, 0.1) is 13.8 Å².